The highest BCUT2D eigenvalue weighted by Gasteiger charge is 2.48. The molecule has 2 aliphatic heterocycles. The maximum Gasteiger partial charge on any atom is 0.318 e. The smallest absolute Gasteiger partial charge is 0.318 e. The molecule has 1 aromatic heterocycles. The summed E-state index contributed by atoms with van der Waals surface area (Å²) in [6, 6.07) is 12.8. The van der Waals surface area contributed by atoms with Gasteiger partial charge >= 0.3 is 6.01 Å². The van der Waals surface area contributed by atoms with Crippen molar-refractivity contribution >= 4 is 28.2 Å². The van der Waals surface area contributed by atoms with Crippen molar-refractivity contribution in [1.82, 2.24) is 19.8 Å². The molecule has 0 spiro atoms. The molecule has 0 bridgehead atoms. The van der Waals surface area contributed by atoms with Crippen LogP contribution in [0.1, 0.15) is 36.6 Å². The summed E-state index contributed by atoms with van der Waals surface area (Å²) in [6.07, 6.45) is 1.91. The van der Waals surface area contributed by atoms with Crippen LogP contribution in [-0.2, 0) is 17.8 Å². The number of piperazine rings is 1. The van der Waals surface area contributed by atoms with Gasteiger partial charge in [-0.25, -0.2) is 15.4 Å². The van der Waals surface area contributed by atoms with E-state index in [2.05, 4.69) is 69.4 Å². The van der Waals surface area contributed by atoms with E-state index in [1.54, 1.807) is 4.90 Å². The molecule has 3 aromatic rings. The summed E-state index contributed by atoms with van der Waals surface area (Å²) < 4.78 is 33.2. The Morgan fingerprint density at radius 1 is 1.19 bits per heavy atom. The van der Waals surface area contributed by atoms with E-state index in [1.165, 1.54) is 28.1 Å². The zero-order valence-corrected chi connectivity index (χ0v) is 27.5. The van der Waals surface area contributed by atoms with E-state index in [0.717, 1.165) is 30.0 Å². The van der Waals surface area contributed by atoms with Gasteiger partial charge in [0.2, 0.25) is 18.4 Å². The quantitative estimate of drug-likeness (QED) is 0.218. The number of halogens is 2. The molecule has 2 aromatic carbocycles. The minimum atomic E-state index is -2.54. The molecule has 1 amide bonds. The van der Waals surface area contributed by atoms with Crippen LogP contribution in [0.25, 0.3) is 15.6 Å². The van der Waals surface area contributed by atoms with Gasteiger partial charge in [0.05, 0.1) is 12.2 Å². The fraction of sp³-hybridized carbons (Fsp3) is 0.500. The van der Waals surface area contributed by atoms with Crippen LogP contribution in [0.2, 0.25) is 0 Å². The van der Waals surface area contributed by atoms with Crippen LogP contribution in [-0.4, -0.2) is 96.6 Å². The third-order valence-corrected chi connectivity index (χ3v) is 10.2. The van der Waals surface area contributed by atoms with Gasteiger partial charge in [0, 0.05) is 68.2 Å². The third-order valence-electron chi connectivity index (χ3n) is 10.2. The molecule has 248 valence electrons. The SMILES string of the molecule is [C-]#[N+]C[C@H]1CN(c2nc(OCCN(C)[C@H](C)C3CC(F)(F)C3)nc3c2CCN(c2cccc4cccc(C)c24)C3)CCN1C(=O)C=C. The van der Waals surface area contributed by atoms with Gasteiger partial charge in [0.25, 0.3) is 0 Å². The molecule has 9 nitrogen and oxygen atoms in total. The first-order valence-electron chi connectivity index (χ1n) is 16.4. The summed E-state index contributed by atoms with van der Waals surface area (Å²) >= 11 is 0. The van der Waals surface area contributed by atoms with E-state index >= 15 is 0 Å². The molecule has 11 heteroatoms. The summed E-state index contributed by atoms with van der Waals surface area (Å²) in [5, 5.41) is 2.43. The van der Waals surface area contributed by atoms with Crippen LogP contribution in [0.15, 0.2) is 49.1 Å². The summed E-state index contributed by atoms with van der Waals surface area (Å²) in [5.41, 5.74) is 4.34. The lowest BCUT2D eigenvalue weighted by Gasteiger charge is -2.42. The molecule has 0 N–H and O–H groups in total. The average molecular weight is 644 g/mol. The van der Waals surface area contributed by atoms with Gasteiger partial charge in [-0.3, -0.25) is 4.79 Å². The van der Waals surface area contributed by atoms with Crippen LogP contribution in [0.5, 0.6) is 6.01 Å². The molecule has 2 fully saturated rings. The number of aryl methyl sites for hydroxylation is 1. The van der Waals surface area contributed by atoms with Gasteiger partial charge in [-0.2, -0.15) is 9.97 Å². The topological polar surface area (TPSA) is 69.4 Å². The van der Waals surface area contributed by atoms with Crippen molar-refractivity contribution in [3.63, 3.8) is 0 Å². The lowest BCUT2D eigenvalue weighted by molar-refractivity contribution is -0.128. The van der Waals surface area contributed by atoms with Crippen LogP contribution in [0, 0.1) is 19.4 Å². The molecule has 0 unspecified atom stereocenters. The first kappa shape index (κ1) is 32.6. The number of carbonyl (C=O) groups excluding carboxylic acids is 1. The molecule has 0 radical (unpaired) electrons. The third kappa shape index (κ3) is 6.75. The molecule has 47 heavy (non-hydrogen) atoms. The standard InChI is InChI=1S/C36H43F2N7O2/c1-6-32(46)45-16-15-44(22-28(45)21-39-4)34-29-13-14-43(31-12-8-11-26-10-7-9-24(2)33(26)31)23-30(29)40-35(41-34)47-18-17-42(5)25(3)27-19-36(37,38)20-27/h6-12,25,27-28H,1,13-23H2,2-3,5H3/t25-,28+/m1/s1. The summed E-state index contributed by atoms with van der Waals surface area (Å²) in [5.74, 6) is -1.95. The number of anilines is 2. The first-order chi connectivity index (χ1) is 22.6. The van der Waals surface area contributed by atoms with Crippen LogP contribution < -0.4 is 14.5 Å². The second-order valence-electron chi connectivity index (χ2n) is 13.1. The number of nitrogens with zero attached hydrogens (tertiary/aromatic N) is 7. The Morgan fingerprint density at radius 2 is 1.96 bits per heavy atom. The second kappa shape index (κ2) is 13.4. The Morgan fingerprint density at radius 3 is 2.68 bits per heavy atom. The fourth-order valence-electron chi connectivity index (χ4n) is 7.30. The summed E-state index contributed by atoms with van der Waals surface area (Å²) in [7, 11) is 1.94. The largest absolute Gasteiger partial charge is 0.462 e. The maximum atomic E-state index is 13.5. The van der Waals surface area contributed by atoms with Gasteiger partial charge < -0.3 is 29.2 Å². The molecular formula is C36H43F2N7O2. The zero-order valence-electron chi connectivity index (χ0n) is 27.5. The number of amides is 1. The second-order valence-corrected chi connectivity index (χ2v) is 13.1. The number of aromatic nitrogens is 2. The van der Waals surface area contributed by atoms with Gasteiger partial charge in [0.1, 0.15) is 18.5 Å². The summed E-state index contributed by atoms with van der Waals surface area (Å²) in [4.78, 5) is 34.4. The Bertz CT molecular complexity index is 1680. The van der Waals surface area contributed by atoms with E-state index in [9.17, 15) is 13.6 Å². The fourth-order valence-corrected chi connectivity index (χ4v) is 7.30. The van der Waals surface area contributed by atoms with E-state index in [1.807, 2.05) is 14.0 Å². The van der Waals surface area contributed by atoms with Gasteiger partial charge in [-0.05, 0) is 56.3 Å². The van der Waals surface area contributed by atoms with E-state index in [-0.39, 0.29) is 49.3 Å². The summed E-state index contributed by atoms with van der Waals surface area (Å²) in [6.45, 7) is 19.2. The monoisotopic (exact) mass is 643 g/mol. The number of carbonyl (C=O) groups is 1. The number of ether oxygens (including phenoxy) is 1. The number of likely N-dealkylation sites (N-methyl/N-ethyl adjacent to an activating group) is 1. The highest BCUT2D eigenvalue weighted by atomic mass is 19.3. The minimum absolute atomic E-state index is 0.0184. The predicted octanol–water partition coefficient (Wildman–Crippen LogP) is 5.37. The molecule has 1 aliphatic carbocycles. The van der Waals surface area contributed by atoms with Crippen LogP contribution in [0.4, 0.5) is 20.3 Å². The molecule has 6 rings (SSSR count). The Hall–Kier alpha value is -4.30. The van der Waals surface area contributed by atoms with Gasteiger partial charge in [0.15, 0.2) is 0 Å². The molecule has 1 saturated heterocycles. The highest BCUT2D eigenvalue weighted by Crippen LogP contribution is 2.45. The lowest BCUT2D eigenvalue weighted by atomic mass is 9.76. The predicted molar refractivity (Wildman–Crippen MR) is 180 cm³/mol. The zero-order chi connectivity index (χ0) is 33.3. The molecule has 3 aliphatic rings. The number of rotatable bonds is 10. The van der Waals surface area contributed by atoms with Crippen molar-refractivity contribution < 1.29 is 18.3 Å². The van der Waals surface area contributed by atoms with Crippen LogP contribution in [0.3, 0.4) is 0 Å². The minimum Gasteiger partial charge on any atom is -0.462 e. The molecule has 2 atom stereocenters. The Balaban J connectivity index is 1.27. The number of fused-ring (bicyclic) bond motifs is 2. The van der Waals surface area contributed by atoms with E-state index in [4.69, 9.17) is 21.3 Å². The Kier molecular flexibility index (Phi) is 9.33. The number of hydrogen-bond acceptors (Lipinski definition) is 7. The van der Waals surface area contributed by atoms with E-state index in [0.29, 0.717) is 39.3 Å². The van der Waals surface area contributed by atoms with Gasteiger partial charge in [-0.1, -0.05) is 36.9 Å². The number of hydrogen-bond donors (Lipinski definition) is 0. The number of benzene rings is 2. The van der Waals surface area contributed by atoms with Crippen molar-refractivity contribution in [3.8, 4) is 6.01 Å². The van der Waals surface area contributed by atoms with Crippen molar-refractivity contribution in [2.45, 2.75) is 57.7 Å². The first-order valence-corrected chi connectivity index (χ1v) is 16.4. The Labute approximate surface area is 275 Å². The van der Waals surface area contributed by atoms with Crippen molar-refractivity contribution in [3.05, 3.63) is 77.3 Å². The molecule has 1 saturated carbocycles. The van der Waals surface area contributed by atoms with Gasteiger partial charge in [-0.15, -0.1) is 0 Å². The number of alkyl halides is 2. The highest BCUT2D eigenvalue weighted by molar-refractivity contribution is 5.97. The van der Waals surface area contributed by atoms with E-state index < -0.39 is 5.92 Å². The lowest BCUT2D eigenvalue weighted by Crippen LogP contribution is -2.56. The maximum absolute atomic E-state index is 13.5. The normalized spacial score (nSPS) is 20.0. The van der Waals surface area contributed by atoms with Crippen molar-refractivity contribution in [2.24, 2.45) is 5.92 Å². The molecule has 3 heterocycles. The molecular weight excluding hydrogens is 600 g/mol. The van der Waals surface area contributed by atoms with Crippen molar-refractivity contribution in [1.29, 1.82) is 0 Å². The average Bonchev–Trinajstić information content (AvgIpc) is 3.05. The van der Waals surface area contributed by atoms with Crippen molar-refractivity contribution in [2.75, 3.05) is 62.7 Å². The van der Waals surface area contributed by atoms with Crippen LogP contribution >= 0.6 is 0 Å².